The Morgan fingerprint density at radius 2 is 1.80 bits per heavy atom. The van der Waals surface area contributed by atoms with Crippen molar-refractivity contribution in [3.8, 4) is 11.5 Å². The molecule has 5 heteroatoms. The van der Waals surface area contributed by atoms with E-state index < -0.39 is 9.84 Å². The van der Waals surface area contributed by atoms with Crippen LogP contribution >= 0.6 is 0 Å². The lowest BCUT2D eigenvalue weighted by molar-refractivity contribution is 0.354. The van der Waals surface area contributed by atoms with Crippen molar-refractivity contribution >= 4 is 9.84 Å². The zero-order valence-corrected chi connectivity index (χ0v) is 9.37. The Balaban J connectivity index is 3.32. The third kappa shape index (κ3) is 2.30. The molecule has 4 nitrogen and oxygen atoms in total. The van der Waals surface area contributed by atoms with E-state index in [1.807, 2.05) is 0 Å². The Hall–Kier alpha value is -1.49. The van der Waals surface area contributed by atoms with Crippen LogP contribution in [0.15, 0.2) is 35.1 Å². The maximum absolute atomic E-state index is 11.5. The van der Waals surface area contributed by atoms with Crippen molar-refractivity contribution in [2.45, 2.75) is 4.90 Å². The summed E-state index contributed by atoms with van der Waals surface area (Å²) in [4.78, 5) is 0.134. The summed E-state index contributed by atoms with van der Waals surface area (Å²) in [6, 6.07) is 4.38. The third-order valence-corrected chi connectivity index (χ3v) is 3.25. The summed E-state index contributed by atoms with van der Waals surface area (Å²) in [6.07, 6.45) is 0. The van der Waals surface area contributed by atoms with Crippen molar-refractivity contribution in [3.63, 3.8) is 0 Å². The van der Waals surface area contributed by atoms with Crippen LogP contribution in [-0.4, -0.2) is 22.6 Å². The summed E-state index contributed by atoms with van der Waals surface area (Å²) in [5.74, 6) is 0.862. The van der Waals surface area contributed by atoms with Crippen molar-refractivity contribution in [1.82, 2.24) is 0 Å². The van der Waals surface area contributed by atoms with Crippen molar-refractivity contribution < 1.29 is 17.9 Å². The molecule has 1 aromatic rings. The normalized spacial score (nSPS) is 10.8. The van der Waals surface area contributed by atoms with E-state index in [0.29, 0.717) is 11.5 Å². The SMILES string of the molecule is C=CS(=O)(=O)c1ccc(OC)c(OC)c1. The molecular weight excluding hydrogens is 216 g/mol. The first-order chi connectivity index (χ1) is 7.05. The van der Waals surface area contributed by atoms with Crippen molar-refractivity contribution in [3.05, 3.63) is 30.2 Å². The van der Waals surface area contributed by atoms with Crippen LogP contribution in [0.3, 0.4) is 0 Å². The van der Waals surface area contributed by atoms with E-state index in [9.17, 15) is 8.42 Å². The number of sulfone groups is 1. The largest absolute Gasteiger partial charge is 0.493 e. The fourth-order valence-corrected chi connectivity index (χ4v) is 1.81. The summed E-state index contributed by atoms with van der Waals surface area (Å²) in [5, 5.41) is 0.897. The predicted molar refractivity (Wildman–Crippen MR) is 56.9 cm³/mol. The monoisotopic (exact) mass is 228 g/mol. The van der Waals surface area contributed by atoms with E-state index in [1.165, 1.54) is 32.4 Å². The lowest BCUT2D eigenvalue weighted by Gasteiger charge is -2.08. The number of rotatable bonds is 4. The van der Waals surface area contributed by atoms with Gasteiger partial charge in [-0.25, -0.2) is 8.42 Å². The topological polar surface area (TPSA) is 52.6 Å². The second kappa shape index (κ2) is 4.35. The van der Waals surface area contributed by atoms with E-state index in [4.69, 9.17) is 9.47 Å². The Bertz CT molecular complexity index is 462. The van der Waals surface area contributed by atoms with Crippen LogP contribution in [-0.2, 0) is 9.84 Å². The molecule has 0 amide bonds. The molecule has 0 bridgehead atoms. The molecule has 82 valence electrons. The van der Waals surface area contributed by atoms with Crippen LogP contribution in [0, 0.1) is 0 Å². The highest BCUT2D eigenvalue weighted by atomic mass is 32.2. The highest BCUT2D eigenvalue weighted by molar-refractivity contribution is 7.94. The van der Waals surface area contributed by atoms with Gasteiger partial charge in [0.05, 0.1) is 19.1 Å². The molecule has 0 unspecified atom stereocenters. The minimum Gasteiger partial charge on any atom is -0.493 e. The highest BCUT2D eigenvalue weighted by Gasteiger charge is 2.13. The van der Waals surface area contributed by atoms with Gasteiger partial charge in [0, 0.05) is 11.5 Å². The Labute approximate surface area is 89.1 Å². The lowest BCUT2D eigenvalue weighted by Crippen LogP contribution is -1.97. The third-order valence-electron chi connectivity index (χ3n) is 1.90. The molecule has 0 aliphatic heterocycles. The molecule has 0 fully saturated rings. The molecule has 0 saturated carbocycles. The minimum atomic E-state index is -3.43. The highest BCUT2D eigenvalue weighted by Crippen LogP contribution is 2.29. The van der Waals surface area contributed by atoms with Gasteiger partial charge in [-0.3, -0.25) is 0 Å². The van der Waals surface area contributed by atoms with Gasteiger partial charge in [-0.1, -0.05) is 6.58 Å². The molecular formula is C10H12O4S. The number of ether oxygens (including phenoxy) is 2. The van der Waals surface area contributed by atoms with E-state index in [-0.39, 0.29) is 4.90 Å². The molecule has 0 radical (unpaired) electrons. The predicted octanol–water partition coefficient (Wildman–Crippen LogP) is 1.62. The Kier molecular flexibility index (Phi) is 3.36. The van der Waals surface area contributed by atoms with Gasteiger partial charge >= 0.3 is 0 Å². The first kappa shape index (κ1) is 11.6. The van der Waals surface area contributed by atoms with E-state index in [1.54, 1.807) is 0 Å². The fourth-order valence-electron chi connectivity index (χ4n) is 1.09. The second-order valence-electron chi connectivity index (χ2n) is 2.73. The van der Waals surface area contributed by atoms with Gasteiger partial charge in [-0.15, -0.1) is 0 Å². The molecule has 0 N–H and O–H groups in total. The summed E-state index contributed by atoms with van der Waals surface area (Å²) in [6.45, 7) is 3.25. The maximum Gasteiger partial charge on any atom is 0.199 e. The van der Waals surface area contributed by atoms with Crippen LogP contribution in [0.25, 0.3) is 0 Å². The van der Waals surface area contributed by atoms with Gasteiger partial charge in [0.15, 0.2) is 21.3 Å². The Morgan fingerprint density at radius 3 is 2.27 bits per heavy atom. The van der Waals surface area contributed by atoms with Gasteiger partial charge < -0.3 is 9.47 Å². The molecule has 0 heterocycles. The number of hydrogen-bond acceptors (Lipinski definition) is 4. The molecule has 1 rings (SSSR count). The lowest BCUT2D eigenvalue weighted by atomic mass is 10.3. The van der Waals surface area contributed by atoms with Gasteiger partial charge in [0.1, 0.15) is 0 Å². The average Bonchev–Trinajstić information content (AvgIpc) is 2.28. The zero-order valence-electron chi connectivity index (χ0n) is 8.56. The van der Waals surface area contributed by atoms with Gasteiger partial charge in [0.25, 0.3) is 0 Å². The van der Waals surface area contributed by atoms with Crippen molar-refractivity contribution in [2.24, 2.45) is 0 Å². The smallest absolute Gasteiger partial charge is 0.199 e. The molecule has 0 saturated heterocycles. The van der Waals surface area contributed by atoms with E-state index in [2.05, 4.69) is 6.58 Å². The molecule has 15 heavy (non-hydrogen) atoms. The first-order valence-corrected chi connectivity index (χ1v) is 5.69. The second-order valence-corrected chi connectivity index (χ2v) is 4.62. The number of benzene rings is 1. The quantitative estimate of drug-likeness (QED) is 0.785. The van der Waals surface area contributed by atoms with Crippen LogP contribution in [0.2, 0.25) is 0 Å². The molecule has 0 aliphatic rings. The molecule has 0 atom stereocenters. The molecule has 0 spiro atoms. The Morgan fingerprint density at radius 1 is 1.20 bits per heavy atom. The average molecular weight is 228 g/mol. The van der Waals surface area contributed by atoms with Gasteiger partial charge in [-0.2, -0.15) is 0 Å². The summed E-state index contributed by atoms with van der Waals surface area (Å²) in [7, 11) is -0.495. The van der Waals surface area contributed by atoms with Crippen molar-refractivity contribution in [2.75, 3.05) is 14.2 Å². The molecule has 1 aromatic carbocycles. The maximum atomic E-state index is 11.5. The van der Waals surface area contributed by atoms with E-state index >= 15 is 0 Å². The van der Waals surface area contributed by atoms with Crippen LogP contribution in [0.1, 0.15) is 0 Å². The summed E-state index contributed by atoms with van der Waals surface area (Å²) >= 11 is 0. The number of hydrogen-bond donors (Lipinski definition) is 0. The summed E-state index contributed by atoms with van der Waals surface area (Å²) in [5.41, 5.74) is 0. The van der Waals surface area contributed by atoms with Gasteiger partial charge in [-0.05, 0) is 12.1 Å². The van der Waals surface area contributed by atoms with Crippen molar-refractivity contribution in [1.29, 1.82) is 0 Å². The standard InChI is InChI=1S/C10H12O4S/c1-4-15(11,12)8-5-6-9(13-2)10(7-8)14-3/h4-7H,1H2,2-3H3. The fraction of sp³-hybridized carbons (Fsp3) is 0.200. The van der Waals surface area contributed by atoms with Crippen LogP contribution in [0.5, 0.6) is 11.5 Å². The molecule has 0 aliphatic carbocycles. The molecule has 0 aromatic heterocycles. The van der Waals surface area contributed by atoms with Crippen LogP contribution in [0.4, 0.5) is 0 Å². The summed E-state index contributed by atoms with van der Waals surface area (Å²) < 4.78 is 32.9. The van der Waals surface area contributed by atoms with Gasteiger partial charge in [0.2, 0.25) is 0 Å². The number of methoxy groups -OCH3 is 2. The van der Waals surface area contributed by atoms with Crippen LogP contribution < -0.4 is 9.47 Å². The van der Waals surface area contributed by atoms with E-state index in [0.717, 1.165) is 5.41 Å². The zero-order chi connectivity index (χ0) is 11.5. The minimum absolute atomic E-state index is 0.134. The first-order valence-electron chi connectivity index (χ1n) is 4.14.